The highest BCUT2D eigenvalue weighted by atomic mass is 19.4. The molecule has 3 heterocycles. The largest absolute Gasteiger partial charge is 0.573 e. The van der Waals surface area contributed by atoms with Gasteiger partial charge in [0.1, 0.15) is 5.75 Å². The summed E-state index contributed by atoms with van der Waals surface area (Å²) < 4.78 is 42.2. The number of halogens is 3. The predicted octanol–water partition coefficient (Wildman–Crippen LogP) is 3.63. The van der Waals surface area contributed by atoms with E-state index in [9.17, 15) is 13.2 Å². The third-order valence-electron chi connectivity index (χ3n) is 4.79. The van der Waals surface area contributed by atoms with Crippen LogP contribution in [0.4, 0.5) is 13.2 Å². The average Bonchev–Trinajstić information content (AvgIpc) is 2.98. The molecule has 6 heteroatoms. The first-order valence-corrected chi connectivity index (χ1v) is 7.63. The molecule has 4 rings (SSSR count). The Kier molecular flexibility index (Phi) is 3.11. The minimum absolute atomic E-state index is 0.0889. The molecule has 1 saturated heterocycles. The first-order chi connectivity index (χ1) is 10.5. The van der Waals surface area contributed by atoms with E-state index in [4.69, 9.17) is 0 Å². The molecule has 1 fully saturated rings. The minimum atomic E-state index is -4.66. The SMILES string of the molecule is FC(F)(F)Oc1cccc2[nH]c3c(c12)C[C@H]1CCCN1CC3. The van der Waals surface area contributed by atoms with E-state index in [1.165, 1.54) is 12.5 Å². The summed E-state index contributed by atoms with van der Waals surface area (Å²) >= 11 is 0. The first-order valence-electron chi connectivity index (χ1n) is 7.63. The van der Waals surface area contributed by atoms with Gasteiger partial charge >= 0.3 is 6.36 Å². The zero-order chi connectivity index (χ0) is 15.3. The molecule has 2 aromatic rings. The number of H-pyrrole nitrogens is 1. The van der Waals surface area contributed by atoms with Gasteiger partial charge in [-0.1, -0.05) is 6.07 Å². The standard InChI is InChI=1S/C16H17F3N2O/c17-16(18,19)22-14-5-1-4-13-15(14)11-9-10-3-2-7-21(10)8-6-12(11)20-13/h1,4-5,10,20H,2-3,6-9H2/t10-/m1/s1. The van der Waals surface area contributed by atoms with Crippen molar-refractivity contribution < 1.29 is 17.9 Å². The van der Waals surface area contributed by atoms with E-state index in [2.05, 4.69) is 14.6 Å². The number of nitrogens with one attached hydrogen (secondary N) is 1. The lowest BCUT2D eigenvalue weighted by molar-refractivity contribution is -0.274. The van der Waals surface area contributed by atoms with Crippen molar-refractivity contribution in [2.24, 2.45) is 0 Å². The Morgan fingerprint density at radius 3 is 2.91 bits per heavy atom. The second-order valence-corrected chi connectivity index (χ2v) is 6.09. The highest BCUT2D eigenvalue weighted by Gasteiger charge is 2.34. The predicted molar refractivity (Wildman–Crippen MR) is 77.0 cm³/mol. The molecule has 2 aliphatic heterocycles. The van der Waals surface area contributed by atoms with Gasteiger partial charge in [0, 0.05) is 35.6 Å². The second-order valence-electron chi connectivity index (χ2n) is 6.09. The summed E-state index contributed by atoms with van der Waals surface area (Å²) in [5.74, 6) is -0.0889. The summed E-state index contributed by atoms with van der Waals surface area (Å²) in [5.41, 5.74) is 2.80. The minimum Gasteiger partial charge on any atom is -0.405 e. The zero-order valence-corrected chi connectivity index (χ0v) is 12.0. The molecule has 1 aromatic carbocycles. The number of alkyl halides is 3. The molecule has 2 aliphatic rings. The highest BCUT2D eigenvalue weighted by Crippen LogP contribution is 2.38. The third kappa shape index (κ3) is 2.35. The lowest BCUT2D eigenvalue weighted by Crippen LogP contribution is -2.30. The fourth-order valence-corrected chi connectivity index (χ4v) is 3.90. The Balaban J connectivity index is 1.82. The van der Waals surface area contributed by atoms with E-state index in [-0.39, 0.29) is 5.75 Å². The van der Waals surface area contributed by atoms with Gasteiger partial charge in [0.05, 0.1) is 0 Å². The van der Waals surface area contributed by atoms with Gasteiger partial charge in [-0.05, 0) is 43.5 Å². The van der Waals surface area contributed by atoms with Crippen molar-refractivity contribution in [2.45, 2.75) is 38.1 Å². The lowest BCUT2D eigenvalue weighted by Gasteiger charge is -2.21. The van der Waals surface area contributed by atoms with Crippen LogP contribution in [0, 0.1) is 0 Å². The molecule has 0 saturated carbocycles. The van der Waals surface area contributed by atoms with E-state index < -0.39 is 6.36 Å². The monoisotopic (exact) mass is 310 g/mol. The van der Waals surface area contributed by atoms with Crippen LogP contribution in [-0.4, -0.2) is 35.4 Å². The van der Waals surface area contributed by atoms with Gasteiger partial charge in [-0.2, -0.15) is 0 Å². The van der Waals surface area contributed by atoms with Gasteiger partial charge in [0.2, 0.25) is 0 Å². The van der Waals surface area contributed by atoms with Crippen LogP contribution in [0.1, 0.15) is 24.1 Å². The number of hydrogen-bond donors (Lipinski definition) is 1. The van der Waals surface area contributed by atoms with Crippen LogP contribution in [0.15, 0.2) is 18.2 Å². The Morgan fingerprint density at radius 2 is 2.09 bits per heavy atom. The fraction of sp³-hybridized carbons (Fsp3) is 0.500. The molecule has 0 unspecified atom stereocenters. The van der Waals surface area contributed by atoms with Crippen molar-refractivity contribution in [2.75, 3.05) is 13.1 Å². The molecule has 3 nitrogen and oxygen atoms in total. The van der Waals surface area contributed by atoms with Gasteiger partial charge in [-0.15, -0.1) is 13.2 Å². The summed E-state index contributed by atoms with van der Waals surface area (Å²) in [7, 11) is 0. The van der Waals surface area contributed by atoms with Crippen LogP contribution >= 0.6 is 0 Å². The number of rotatable bonds is 1. The van der Waals surface area contributed by atoms with E-state index in [0.29, 0.717) is 11.4 Å². The van der Waals surface area contributed by atoms with Crippen molar-refractivity contribution in [1.29, 1.82) is 0 Å². The van der Waals surface area contributed by atoms with Crippen LogP contribution in [-0.2, 0) is 12.8 Å². The second kappa shape index (κ2) is 4.91. The van der Waals surface area contributed by atoms with Crippen molar-refractivity contribution >= 4 is 10.9 Å². The summed E-state index contributed by atoms with van der Waals surface area (Å²) in [6.07, 6.45) is -0.717. The summed E-state index contributed by atoms with van der Waals surface area (Å²) in [5, 5.41) is 0.601. The molecule has 1 N–H and O–H groups in total. The maximum Gasteiger partial charge on any atom is 0.573 e. The molecule has 0 spiro atoms. The smallest absolute Gasteiger partial charge is 0.405 e. The van der Waals surface area contributed by atoms with Crippen LogP contribution in [0.2, 0.25) is 0 Å². The lowest BCUT2D eigenvalue weighted by atomic mass is 10.0. The van der Waals surface area contributed by atoms with Crippen molar-refractivity contribution in [3.8, 4) is 5.75 Å². The quantitative estimate of drug-likeness (QED) is 0.871. The number of hydrogen-bond acceptors (Lipinski definition) is 2. The average molecular weight is 310 g/mol. The van der Waals surface area contributed by atoms with Gasteiger partial charge in [0.25, 0.3) is 0 Å². The Bertz CT molecular complexity index is 707. The Hall–Kier alpha value is -1.69. The number of nitrogens with zero attached hydrogens (tertiary/aromatic N) is 1. The maximum absolute atomic E-state index is 12.7. The molecule has 1 atom stereocenters. The van der Waals surface area contributed by atoms with E-state index >= 15 is 0 Å². The summed E-state index contributed by atoms with van der Waals surface area (Å²) in [6, 6.07) is 5.27. The molecular formula is C16H17F3N2O. The van der Waals surface area contributed by atoms with E-state index in [1.807, 2.05) is 6.07 Å². The van der Waals surface area contributed by atoms with Gasteiger partial charge in [-0.25, -0.2) is 0 Å². The highest BCUT2D eigenvalue weighted by molar-refractivity contribution is 5.90. The number of benzene rings is 1. The van der Waals surface area contributed by atoms with Gasteiger partial charge in [0.15, 0.2) is 0 Å². The molecular weight excluding hydrogens is 293 g/mol. The Labute approximate surface area is 126 Å². The molecule has 0 radical (unpaired) electrons. The van der Waals surface area contributed by atoms with Crippen LogP contribution in [0.25, 0.3) is 10.9 Å². The fourth-order valence-electron chi connectivity index (χ4n) is 3.90. The molecule has 0 aliphatic carbocycles. The van der Waals surface area contributed by atoms with Crippen molar-refractivity contribution in [3.05, 3.63) is 29.5 Å². The van der Waals surface area contributed by atoms with E-state index in [1.54, 1.807) is 6.07 Å². The number of aromatic nitrogens is 1. The number of fused-ring (bicyclic) bond motifs is 4. The third-order valence-corrected chi connectivity index (χ3v) is 4.79. The summed E-state index contributed by atoms with van der Waals surface area (Å²) in [6.45, 7) is 2.07. The van der Waals surface area contributed by atoms with Crippen molar-refractivity contribution in [3.63, 3.8) is 0 Å². The molecule has 22 heavy (non-hydrogen) atoms. The maximum atomic E-state index is 12.7. The molecule has 118 valence electrons. The summed E-state index contributed by atoms with van der Waals surface area (Å²) in [4.78, 5) is 5.75. The zero-order valence-electron chi connectivity index (χ0n) is 12.0. The Morgan fingerprint density at radius 1 is 1.23 bits per heavy atom. The van der Waals surface area contributed by atoms with Crippen molar-refractivity contribution in [1.82, 2.24) is 9.88 Å². The normalized spacial score (nSPS) is 22.4. The topological polar surface area (TPSA) is 28.3 Å². The van der Waals surface area contributed by atoms with Crippen LogP contribution in [0.5, 0.6) is 5.75 Å². The van der Waals surface area contributed by atoms with Crippen LogP contribution < -0.4 is 4.74 Å². The molecule has 1 aromatic heterocycles. The number of ether oxygens (including phenoxy) is 1. The van der Waals surface area contributed by atoms with Crippen LogP contribution in [0.3, 0.4) is 0 Å². The van der Waals surface area contributed by atoms with E-state index in [0.717, 1.165) is 49.1 Å². The molecule has 0 amide bonds. The molecule has 0 bridgehead atoms. The van der Waals surface area contributed by atoms with Gasteiger partial charge < -0.3 is 9.72 Å². The number of aromatic amines is 1. The first kappa shape index (κ1) is 13.9. The van der Waals surface area contributed by atoms with Gasteiger partial charge in [-0.3, -0.25) is 4.90 Å².